The van der Waals surface area contributed by atoms with Gasteiger partial charge in [0.05, 0.1) is 6.61 Å². The fraction of sp³-hybridized carbons (Fsp3) is 0.824. The Morgan fingerprint density at radius 3 is 1.18 bits per heavy atom. The molecule has 0 heterocycles. The van der Waals surface area contributed by atoms with E-state index in [0.29, 0.717) is 12.2 Å². The van der Waals surface area contributed by atoms with E-state index in [1.54, 1.807) is 6.92 Å². The quantitative estimate of drug-likeness (QED) is 0.0715. The third kappa shape index (κ3) is 30.6. The molecule has 0 saturated carbocycles. The first-order chi connectivity index (χ1) is 18.4. The van der Waals surface area contributed by atoms with E-state index in [0.717, 1.165) is 24.8 Å². The average Bonchev–Trinajstić information content (AvgIpc) is 2.90. The largest absolute Gasteiger partial charge is 0.478 e. The van der Waals surface area contributed by atoms with Gasteiger partial charge in [-0.05, 0) is 46.5 Å². The molecule has 0 aliphatic carbocycles. The van der Waals surface area contributed by atoms with Crippen LogP contribution in [0.5, 0.6) is 0 Å². The lowest BCUT2D eigenvalue weighted by molar-refractivity contribution is -0.138. The van der Waals surface area contributed by atoms with Crippen LogP contribution in [0.1, 0.15) is 176 Å². The van der Waals surface area contributed by atoms with Crippen LogP contribution in [0.3, 0.4) is 0 Å². The molecule has 0 amide bonds. The van der Waals surface area contributed by atoms with Gasteiger partial charge >= 0.3 is 11.9 Å². The molecule has 0 aliphatic heterocycles. The maximum atomic E-state index is 11.2. The molecule has 0 unspecified atom stereocenters. The second kappa shape index (κ2) is 31.6. The fourth-order valence-corrected chi connectivity index (χ4v) is 4.32. The Kier molecular flexibility index (Phi) is 32.1. The minimum absolute atomic E-state index is 0.178. The molecule has 0 bridgehead atoms. The lowest BCUT2D eigenvalue weighted by atomic mass is 10.0. The molecule has 0 aliphatic rings. The predicted octanol–water partition coefficient (Wildman–Crippen LogP) is 11.1. The van der Waals surface area contributed by atoms with E-state index in [9.17, 15) is 9.59 Å². The number of esters is 1. The topological polar surface area (TPSA) is 63.6 Å². The zero-order valence-corrected chi connectivity index (χ0v) is 26.1. The minimum Gasteiger partial charge on any atom is -0.478 e. The van der Waals surface area contributed by atoms with E-state index in [2.05, 4.69) is 13.8 Å². The first-order valence-electron chi connectivity index (χ1n) is 16.1. The number of ether oxygens (including phenoxy) is 1. The summed E-state index contributed by atoms with van der Waals surface area (Å²) >= 11 is 0. The van der Waals surface area contributed by atoms with E-state index in [1.807, 2.05) is 26.0 Å². The molecule has 0 rings (SSSR count). The summed E-state index contributed by atoms with van der Waals surface area (Å²) in [6, 6.07) is 0. The molecule has 0 aromatic carbocycles. The summed E-state index contributed by atoms with van der Waals surface area (Å²) in [5, 5.41) is 8.75. The van der Waals surface area contributed by atoms with Crippen molar-refractivity contribution < 1.29 is 19.4 Å². The van der Waals surface area contributed by atoms with Gasteiger partial charge in [0.2, 0.25) is 0 Å². The Bertz CT molecular complexity index is 591. The van der Waals surface area contributed by atoms with Crippen molar-refractivity contribution in [1.82, 2.24) is 0 Å². The number of carbonyl (C=O) groups excluding carboxylic acids is 1. The molecule has 224 valence electrons. The fourth-order valence-electron chi connectivity index (χ4n) is 4.32. The zero-order valence-electron chi connectivity index (χ0n) is 26.1. The lowest BCUT2D eigenvalue weighted by Gasteiger charge is -2.03. The van der Waals surface area contributed by atoms with Gasteiger partial charge in [0.1, 0.15) is 0 Å². The third-order valence-corrected chi connectivity index (χ3v) is 6.95. The van der Waals surface area contributed by atoms with Gasteiger partial charge in [-0.25, -0.2) is 9.59 Å². The lowest BCUT2D eigenvalue weighted by Crippen LogP contribution is -2.04. The third-order valence-electron chi connectivity index (χ3n) is 6.95. The van der Waals surface area contributed by atoms with Crippen molar-refractivity contribution in [3.63, 3.8) is 0 Å². The second-order valence-electron chi connectivity index (χ2n) is 10.7. The number of hydrogen-bond acceptors (Lipinski definition) is 3. The van der Waals surface area contributed by atoms with E-state index < -0.39 is 5.97 Å². The average molecular weight is 537 g/mol. The summed E-state index contributed by atoms with van der Waals surface area (Å²) < 4.78 is 4.87. The first kappa shape index (κ1) is 38.6. The highest BCUT2D eigenvalue weighted by molar-refractivity contribution is 5.87. The van der Waals surface area contributed by atoms with Gasteiger partial charge < -0.3 is 9.84 Å². The van der Waals surface area contributed by atoms with Crippen LogP contribution in [0.4, 0.5) is 0 Å². The smallest absolute Gasteiger partial charge is 0.333 e. The Hall–Kier alpha value is -1.58. The maximum absolute atomic E-state index is 11.2. The summed E-state index contributed by atoms with van der Waals surface area (Å²) in [6.07, 6.45) is 32.7. The van der Waals surface area contributed by atoms with Crippen molar-refractivity contribution in [2.24, 2.45) is 0 Å². The predicted molar refractivity (Wildman–Crippen MR) is 165 cm³/mol. The van der Waals surface area contributed by atoms with Crippen molar-refractivity contribution in [3.8, 4) is 0 Å². The molecule has 4 heteroatoms. The number of carboxylic acids is 1. The highest BCUT2D eigenvalue weighted by Gasteiger charge is 2.02. The molecule has 0 saturated heterocycles. The van der Waals surface area contributed by atoms with Crippen LogP contribution in [0.25, 0.3) is 0 Å². The summed E-state index contributed by atoms with van der Waals surface area (Å²) in [4.78, 5) is 21.8. The van der Waals surface area contributed by atoms with Crippen LogP contribution in [0, 0.1) is 0 Å². The van der Waals surface area contributed by atoms with Crippen LogP contribution < -0.4 is 0 Å². The molecule has 4 nitrogen and oxygen atoms in total. The van der Waals surface area contributed by atoms with Crippen LogP contribution in [0.15, 0.2) is 23.3 Å². The van der Waals surface area contributed by atoms with E-state index >= 15 is 0 Å². The number of carboxylic acid groups (broad SMARTS) is 1. The highest BCUT2D eigenvalue weighted by Crippen LogP contribution is 2.14. The Balaban J connectivity index is 0. The van der Waals surface area contributed by atoms with E-state index in [4.69, 9.17) is 9.84 Å². The van der Waals surface area contributed by atoms with Gasteiger partial charge in [-0.1, -0.05) is 142 Å². The Morgan fingerprint density at radius 2 is 0.842 bits per heavy atom. The van der Waals surface area contributed by atoms with Gasteiger partial charge in [-0.2, -0.15) is 0 Å². The SMILES string of the molecule is CCCCCCC=C(C)C(=O)OCC.CCCCCCCCCCCCCCCCCCC=C(C)C(=O)O. The number of allylic oxidation sites excluding steroid dienone is 2. The molecule has 0 atom stereocenters. The summed E-state index contributed by atoms with van der Waals surface area (Å²) in [5.41, 5.74) is 1.22. The number of rotatable bonds is 25. The minimum atomic E-state index is -0.786. The highest BCUT2D eigenvalue weighted by atomic mass is 16.5. The van der Waals surface area contributed by atoms with Gasteiger partial charge in [0, 0.05) is 11.1 Å². The molecular weight excluding hydrogens is 472 g/mol. The van der Waals surface area contributed by atoms with Crippen molar-refractivity contribution >= 4 is 11.9 Å². The second-order valence-corrected chi connectivity index (χ2v) is 10.7. The van der Waals surface area contributed by atoms with Gasteiger partial charge in [0.25, 0.3) is 0 Å². The van der Waals surface area contributed by atoms with Crippen LogP contribution in [-0.4, -0.2) is 23.7 Å². The number of hydrogen-bond donors (Lipinski definition) is 1. The molecule has 0 aromatic heterocycles. The van der Waals surface area contributed by atoms with Crippen molar-refractivity contribution in [2.45, 2.75) is 176 Å². The summed E-state index contributed by atoms with van der Waals surface area (Å²) in [7, 11) is 0. The summed E-state index contributed by atoms with van der Waals surface area (Å²) in [6.45, 7) is 10.2. The number of carbonyl (C=O) groups is 2. The Morgan fingerprint density at radius 1 is 0.526 bits per heavy atom. The standard InChI is InChI=1S/C22H42O2.C12H22O2/c1-3-4-5-6-7-8-9-10-11-12-13-14-15-16-17-18-19-20-21(2)22(23)24;1-4-6-7-8-9-10-11(3)12(13)14-5-2/h20H,3-19H2,1-2H3,(H,23,24);10H,4-9H2,1-3H3. The molecule has 38 heavy (non-hydrogen) atoms. The summed E-state index contributed by atoms with van der Waals surface area (Å²) in [5.74, 6) is -0.963. The molecule has 0 spiro atoms. The van der Waals surface area contributed by atoms with Crippen LogP contribution >= 0.6 is 0 Å². The first-order valence-corrected chi connectivity index (χ1v) is 16.1. The van der Waals surface area contributed by atoms with E-state index in [-0.39, 0.29) is 5.97 Å². The van der Waals surface area contributed by atoms with Crippen molar-refractivity contribution in [3.05, 3.63) is 23.3 Å². The number of unbranched alkanes of at least 4 members (excludes halogenated alkanes) is 20. The zero-order chi connectivity index (χ0) is 28.7. The van der Waals surface area contributed by atoms with Gasteiger partial charge in [-0.15, -0.1) is 0 Å². The van der Waals surface area contributed by atoms with E-state index in [1.165, 1.54) is 122 Å². The monoisotopic (exact) mass is 536 g/mol. The maximum Gasteiger partial charge on any atom is 0.333 e. The van der Waals surface area contributed by atoms with Crippen LogP contribution in [-0.2, 0) is 14.3 Å². The molecule has 0 radical (unpaired) electrons. The molecule has 0 fully saturated rings. The molecular formula is C34H64O4. The Labute approximate surface area is 237 Å². The molecule has 0 aromatic rings. The molecule has 1 N–H and O–H groups in total. The van der Waals surface area contributed by atoms with Crippen molar-refractivity contribution in [1.29, 1.82) is 0 Å². The van der Waals surface area contributed by atoms with Gasteiger partial charge in [0.15, 0.2) is 0 Å². The number of aliphatic carboxylic acids is 1. The van der Waals surface area contributed by atoms with Gasteiger partial charge in [-0.3, -0.25) is 0 Å². The normalized spacial score (nSPS) is 11.7. The van der Waals surface area contributed by atoms with Crippen molar-refractivity contribution in [2.75, 3.05) is 6.61 Å². The van der Waals surface area contributed by atoms with Crippen LogP contribution in [0.2, 0.25) is 0 Å².